The fourth-order valence-corrected chi connectivity index (χ4v) is 0.639. The summed E-state index contributed by atoms with van der Waals surface area (Å²) in [6, 6.07) is 0. The number of hydrogen-bond acceptors (Lipinski definition) is 2. The SMILES string of the molecule is CN(C)Cc1n[c]c[nH]1. The molecule has 3 heteroatoms. The molecular formula is C6H10N3. The summed E-state index contributed by atoms with van der Waals surface area (Å²) in [7, 11) is 4.00. The van der Waals surface area contributed by atoms with Crippen LogP contribution >= 0.6 is 0 Å². The van der Waals surface area contributed by atoms with Crippen LogP contribution in [0.1, 0.15) is 5.82 Å². The van der Waals surface area contributed by atoms with E-state index in [0.717, 1.165) is 12.4 Å². The van der Waals surface area contributed by atoms with Gasteiger partial charge in [0.2, 0.25) is 0 Å². The Morgan fingerprint density at radius 2 is 2.56 bits per heavy atom. The average Bonchev–Trinajstić information content (AvgIpc) is 2.15. The first-order valence-corrected chi connectivity index (χ1v) is 2.84. The minimum absolute atomic E-state index is 0.851. The van der Waals surface area contributed by atoms with Gasteiger partial charge in [-0.05, 0) is 14.1 Å². The highest BCUT2D eigenvalue weighted by Gasteiger charge is 1.93. The number of aromatic amines is 1. The van der Waals surface area contributed by atoms with E-state index in [2.05, 4.69) is 16.2 Å². The number of hydrogen-bond donors (Lipinski definition) is 1. The molecule has 9 heavy (non-hydrogen) atoms. The lowest BCUT2D eigenvalue weighted by Gasteiger charge is -2.04. The molecule has 0 unspecified atom stereocenters. The van der Waals surface area contributed by atoms with Crippen molar-refractivity contribution in [3.05, 3.63) is 18.2 Å². The average molecular weight is 124 g/mol. The van der Waals surface area contributed by atoms with Gasteiger partial charge in [0.25, 0.3) is 0 Å². The van der Waals surface area contributed by atoms with Crippen molar-refractivity contribution in [3.63, 3.8) is 0 Å². The van der Waals surface area contributed by atoms with Crippen molar-refractivity contribution < 1.29 is 0 Å². The van der Waals surface area contributed by atoms with Gasteiger partial charge in [-0.25, -0.2) is 4.98 Å². The van der Waals surface area contributed by atoms with Crippen LogP contribution in [-0.2, 0) is 6.54 Å². The van der Waals surface area contributed by atoms with Crippen LogP contribution in [0.3, 0.4) is 0 Å². The first-order valence-electron chi connectivity index (χ1n) is 2.84. The molecule has 1 aromatic heterocycles. The summed E-state index contributed by atoms with van der Waals surface area (Å²) in [5, 5.41) is 0. The van der Waals surface area contributed by atoms with Crippen molar-refractivity contribution in [1.82, 2.24) is 14.9 Å². The van der Waals surface area contributed by atoms with E-state index >= 15 is 0 Å². The quantitative estimate of drug-likeness (QED) is 0.613. The zero-order valence-electron chi connectivity index (χ0n) is 5.68. The van der Waals surface area contributed by atoms with Crippen LogP contribution in [0.2, 0.25) is 0 Å². The number of H-pyrrole nitrogens is 1. The largest absolute Gasteiger partial charge is 0.347 e. The molecule has 1 heterocycles. The van der Waals surface area contributed by atoms with Crippen LogP contribution in [0.25, 0.3) is 0 Å². The zero-order chi connectivity index (χ0) is 6.69. The van der Waals surface area contributed by atoms with Crippen LogP contribution in [0.15, 0.2) is 6.20 Å². The minimum Gasteiger partial charge on any atom is -0.347 e. The molecule has 0 saturated carbocycles. The number of nitrogens with one attached hydrogen (secondary N) is 1. The first-order chi connectivity index (χ1) is 4.29. The Balaban J connectivity index is 2.48. The lowest BCUT2D eigenvalue weighted by atomic mass is 10.6. The van der Waals surface area contributed by atoms with Gasteiger partial charge in [-0.2, -0.15) is 0 Å². The van der Waals surface area contributed by atoms with Crippen molar-refractivity contribution in [2.45, 2.75) is 6.54 Å². The van der Waals surface area contributed by atoms with E-state index in [1.165, 1.54) is 0 Å². The maximum atomic E-state index is 3.93. The van der Waals surface area contributed by atoms with Crippen molar-refractivity contribution in [3.8, 4) is 0 Å². The topological polar surface area (TPSA) is 31.9 Å². The molecule has 0 aliphatic carbocycles. The van der Waals surface area contributed by atoms with Crippen LogP contribution in [0.4, 0.5) is 0 Å². The molecule has 0 atom stereocenters. The molecule has 0 saturated heterocycles. The third-order valence-corrected chi connectivity index (χ3v) is 0.969. The summed E-state index contributed by atoms with van der Waals surface area (Å²) >= 11 is 0. The Bertz CT molecular complexity index is 155. The fourth-order valence-electron chi connectivity index (χ4n) is 0.639. The van der Waals surface area contributed by atoms with E-state index in [1.807, 2.05) is 19.0 Å². The summed E-state index contributed by atoms with van der Waals surface area (Å²) in [4.78, 5) is 8.94. The van der Waals surface area contributed by atoms with Crippen molar-refractivity contribution >= 4 is 0 Å². The Morgan fingerprint density at radius 3 is 3.00 bits per heavy atom. The normalized spacial score (nSPS) is 10.6. The van der Waals surface area contributed by atoms with Crippen LogP contribution in [-0.4, -0.2) is 29.0 Å². The van der Waals surface area contributed by atoms with Gasteiger partial charge in [0.15, 0.2) is 0 Å². The number of rotatable bonds is 2. The molecule has 0 aromatic carbocycles. The van der Waals surface area contributed by atoms with E-state index in [1.54, 1.807) is 6.20 Å². The standard InChI is InChI=1S/C6H10N3/c1-9(2)5-6-7-3-4-8-6/h3H,5H2,1-2H3,(H,7,8). The summed E-state index contributed by atoms with van der Waals surface area (Å²) in [5.41, 5.74) is 0. The molecule has 1 rings (SSSR count). The molecule has 1 N–H and O–H groups in total. The van der Waals surface area contributed by atoms with Gasteiger partial charge in [0.1, 0.15) is 12.0 Å². The number of aromatic nitrogens is 2. The fraction of sp³-hybridized carbons (Fsp3) is 0.500. The van der Waals surface area contributed by atoms with Gasteiger partial charge in [0, 0.05) is 6.20 Å². The zero-order valence-corrected chi connectivity index (χ0v) is 5.68. The lowest BCUT2D eigenvalue weighted by molar-refractivity contribution is 0.392. The monoisotopic (exact) mass is 124 g/mol. The van der Waals surface area contributed by atoms with E-state index in [9.17, 15) is 0 Å². The third-order valence-electron chi connectivity index (χ3n) is 0.969. The summed E-state index contributed by atoms with van der Waals surface area (Å²) in [5.74, 6) is 0.958. The predicted octanol–water partition coefficient (Wildman–Crippen LogP) is 0.271. The second-order valence-corrected chi connectivity index (χ2v) is 2.21. The molecule has 0 amide bonds. The summed E-state index contributed by atoms with van der Waals surface area (Å²) < 4.78 is 0. The van der Waals surface area contributed by atoms with E-state index < -0.39 is 0 Å². The molecule has 1 aromatic rings. The highest BCUT2D eigenvalue weighted by atomic mass is 15.1. The molecule has 0 spiro atoms. The first kappa shape index (κ1) is 6.29. The smallest absolute Gasteiger partial charge is 0.121 e. The minimum atomic E-state index is 0.851. The summed E-state index contributed by atoms with van der Waals surface area (Å²) in [6.07, 6.45) is 4.41. The van der Waals surface area contributed by atoms with Crippen LogP contribution in [0, 0.1) is 6.20 Å². The Labute approximate surface area is 54.7 Å². The van der Waals surface area contributed by atoms with Gasteiger partial charge in [-0.3, -0.25) is 0 Å². The molecule has 0 bridgehead atoms. The van der Waals surface area contributed by atoms with Crippen LogP contribution in [0.5, 0.6) is 0 Å². The maximum absolute atomic E-state index is 3.93. The third kappa shape index (κ3) is 1.85. The lowest BCUT2D eigenvalue weighted by Crippen LogP contribution is -2.11. The van der Waals surface area contributed by atoms with Gasteiger partial charge in [-0.15, -0.1) is 0 Å². The van der Waals surface area contributed by atoms with E-state index in [0.29, 0.717) is 0 Å². The van der Waals surface area contributed by atoms with Gasteiger partial charge < -0.3 is 9.88 Å². The molecule has 0 aliphatic heterocycles. The summed E-state index contributed by atoms with van der Waals surface area (Å²) in [6.45, 7) is 0.851. The Hall–Kier alpha value is -0.830. The Morgan fingerprint density at radius 1 is 1.78 bits per heavy atom. The highest BCUT2D eigenvalue weighted by Crippen LogP contribution is 1.89. The molecule has 0 aliphatic rings. The molecule has 49 valence electrons. The second-order valence-electron chi connectivity index (χ2n) is 2.21. The molecule has 1 radical (unpaired) electrons. The van der Waals surface area contributed by atoms with E-state index in [-0.39, 0.29) is 0 Å². The van der Waals surface area contributed by atoms with Gasteiger partial charge in [0.05, 0.1) is 6.54 Å². The van der Waals surface area contributed by atoms with E-state index in [4.69, 9.17) is 0 Å². The second kappa shape index (κ2) is 2.64. The molecular weight excluding hydrogens is 114 g/mol. The van der Waals surface area contributed by atoms with Crippen molar-refractivity contribution in [2.75, 3.05) is 14.1 Å². The number of nitrogens with zero attached hydrogens (tertiary/aromatic N) is 2. The molecule has 3 nitrogen and oxygen atoms in total. The van der Waals surface area contributed by atoms with Gasteiger partial charge in [-0.1, -0.05) is 0 Å². The number of imidazole rings is 1. The highest BCUT2D eigenvalue weighted by molar-refractivity contribution is 4.84. The van der Waals surface area contributed by atoms with Crippen molar-refractivity contribution in [2.24, 2.45) is 0 Å². The van der Waals surface area contributed by atoms with Gasteiger partial charge >= 0.3 is 0 Å². The molecule has 0 fully saturated rings. The van der Waals surface area contributed by atoms with Crippen molar-refractivity contribution in [1.29, 1.82) is 0 Å². The maximum Gasteiger partial charge on any atom is 0.121 e. The van der Waals surface area contributed by atoms with Crippen LogP contribution < -0.4 is 0 Å². The predicted molar refractivity (Wildman–Crippen MR) is 34.8 cm³/mol. The Kier molecular flexibility index (Phi) is 1.85.